The molecule has 0 aromatic carbocycles. The summed E-state index contributed by atoms with van der Waals surface area (Å²) in [5.74, 6) is 0. The standard InChI is InChI=1S/C7H10N2O/c8-4-7(10)6-2-1-3-9-5-6/h1-3,5,7,10H,4,8H2. The molecule has 1 rings (SSSR count). The lowest BCUT2D eigenvalue weighted by molar-refractivity contribution is 0.186. The lowest BCUT2D eigenvalue weighted by Gasteiger charge is -2.05. The summed E-state index contributed by atoms with van der Waals surface area (Å²) in [6.07, 6.45) is 2.69. The Morgan fingerprint density at radius 1 is 1.70 bits per heavy atom. The second-order valence-electron chi connectivity index (χ2n) is 2.04. The van der Waals surface area contributed by atoms with Gasteiger partial charge >= 0.3 is 0 Å². The summed E-state index contributed by atoms with van der Waals surface area (Å²) in [6, 6.07) is 3.57. The van der Waals surface area contributed by atoms with Crippen molar-refractivity contribution in [2.75, 3.05) is 6.54 Å². The third-order valence-corrected chi connectivity index (χ3v) is 1.29. The molecule has 0 aliphatic heterocycles. The number of pyridine rings is 1. The van der Waals surface area contributed by atoms with Crippen molar-refractivity contribution in [3.63, 3.8) is 0 Å². The van der Waals surface area contributed by atoms with Crippen molar-refractivity contribution in [3.05, 3.63) is 30.1 Å². The summed E-state index contributed by atoms with van der Waals surface area (Å²) in [5, 5.41) is 9.16. The summed E-state index contributed by atoms with van der Waals surface area (Å²) in [5.41, 5.74) is 5.99. The minimum Gasteiger partial charge on any atom is -0.387 e. The van der Waals surface area contributed by atoms with Gasteiger partial charge in [0.15, 0.2) is 0 Å². The minimum absolute atomic E-state index is 0.242. The van der Waals surface area contributed by atoms with Gasteiger partial charge in [0.2, 0.25) is 0 Å². The molecule has 10 heavy (non-hydrogen) atoms. The van der Waals surface area contributed by atoms with Crippen LogP contribution in [-0.2, 0) is 0 Å². The van der Waals surface area contributed by atoms with E-state index in [-0.39, 0.29) is 6.54 Å². The lowest BCUT2D eigenvalue weighted by atomic mass is 10.2. The van der Waals surface area contributed by atoms with Crippen LogP contribution >= 0.6 is 0 Å². The van der Waals surface area contributed by atoms with E-state index in [0.29, 0.717) is 0 Å². The maximum atomic E-state index is 9.16. The van der Waals surface area contributed by atoms with E-state index in [0.717, 1.165) is 5.56 Å². The molecule has 1 heterocycles. The molecule has 1 atom stereocenters. The van der Waals surface area contributed by atoms with Crippen LogP contribution in [0.15, 0.2) is 24.5 Å². The van der Waals surface area contributed by atoms with Gasteiger partial charge in [-0.25, -0.2) is 0 Å². The Kier molecular flexibility index (Phi) is 2.36. The van der Waals surface area contributed by atoms with Crippen LogP contribution in [0.3, 0.4) is 0 Å². The second-order valence-corrected chi connectivity index (χ2v) is 2.04. The number of rotatable bonds is 2. The van der Waals surface area contributed by atoms with Crippen molar-refractivity contribution in [2.24, 2.45) is 5.73 Å². The monoisotopic (exact) mass is 138 g/mol. The number of hydrogen-bond acceptors (Lipinski definition) is 3. The molecule has 3 N–H and O–H groups in total. The van der Waals surface area contributed by atoms with Crippen LogP contribution in [0.2, 0.25) is 0 Å². The van der Waals surface area contributed by atoms with E-state index < -0.39 is 6.10 Å². The second kappa shape index (κ2) is 3.29. The first-order valence-corrected chi connectivity index (χ1v) is 3.12. The summed E-state index contributed by atoms with van der Waals surface area (Å²) >= 11 is 0. The largest absolute Gasteiger partial charge is 0.387 e. The van der Waals surface area contributed by atoms with Gasteiger partial charge in [-0.3, -0.25) is 4.98 Å². The lowest BCUT2D eigenvalue weighted by Crippen LogP contribution is -2.11. The Hall–Kier alpha value is -0.930. The molecule has 0 spiro atoms. The Morgan fingerprint density at radius 2 is 2.50 bits per heavy atom. The molecule has 3 nitrogen and oxygen atoms in total. The van der Waals surface area contributed by atoms with Gasteiger partial charge in [0, 0.05) is 24.5 Å². The Morgan fingerprint density at radius 3 is 3.00 bits per heavy atom. The van der Waals surface area contributed by atoms with E-state index in [1.54, 1.807) is 24.5 Å². The van der Waals surface area contributed by atoms with E-state index in [2.05, 4.69) is 4.98 Å². The third-order valence-electron chi connectivity index (χ3n) is 1.29. The van der Waals surface area contributed by atoms with E-state index in [1.807, 2.05) is 0 Å². The molecule has 0 radical (unpaired) electrons. The maximum Gasteiger partial charge on any atom is 0.0927 e. The number of nitrogens with two attached hydrogens (primary N) is 1. The van der Waals surface area contributed by atoms with Crippen LogP contribution in [0, 0.1) is 0 Å². The third kappa shape index (κ3) is 1.52. The van der Waals surface area contributed by atoms with Crippen LogP contribution in [0.1, 0.15) is 11.7 Å². The van der Waals surface area contributed by atoms with Crippen molar-refractivity contribution < 1.29 is 5.11 Å². The van der Waals surface area contributed by atoms with Gasteiger partial charge in [-0.1, -0.05) is 6.07 Å². The smallest absolute Gasteiger partial charge is 0.0927 e. The maximum absolute atomic E-state index is 9.16. The normalized spacial score (nSPS) is 13.0. The summed E-state index contributed by atoms with van der Waals surface area (Å²) in [6.45, 7) is 0.242. The van der Waals surface area contributed by atoms with Crippen LogP contribution in [-0.4, -0.2) is 16.6 Å². The zero-order valence-electron chi connectivity index (χ0n) is 5.57. The zero-order chi connectivity index (χ0) is 7.40. The first-order valence-electron chi connectivity index (χ1n) is 3.12. The molecule has 54 valence electrons. The molecule has 0 saturated heterocycles. The first kappa shape index (κ1) is 7.18. The molecule has 0 saturated carbocycles. The number of hydrogen-bond donors (Lipinski definition) is 2. The summed E-state index contributed by atoms with van der Waals surface area (Å²) < 4.78 is 0. The molecule has 3 heteroatoms. The molecule has 0 amide bonds. The fourth-order valence-electron chi connectivity index (χ4n) is 0.709. The molecule has 0 aliphatic carbocycles. The van der Waals surface area contributed by atoms with Crippen molar-refractivity contribution in [2.45, 2.75) is 6.10 Å². The Labute approximate surface area is 59.5 Å². The number of aliphatic hydroxyl groups is 1. The predicted octanol–water partition coefficient (Wildman–Crippen LogP) is 0.0737. The number of nitrogens with zero attached hydrogens (tertiary/aromatic N) is 1. The van der Waals surface area contributed by atoms with Crippen LogP contribution in [0.4, 0.5) is 0 Å². The molecular formula is C7H10N2O. The van der Waals surface area contributed by atoms with Gasteiger partial charge in [0.25, 0.3) is 0 Å². The molecular weight excluding hydrogens is 128 g/mol. The van der Waals surface area contributed by atoms with Crippen LogP contribution < -0.4 is 5.73 Å². The quantitative estimate of drug-likeness (QED) is 0.608. The van der Waals surface area contributed by atoms with Crippen molar-refractivity contribution >= 4 is 0 Å². The summed E-state index contributed by atoms with van der Waals surface area (Å²) in [7, 11) is 0. The van der Waals surface area contributed by atoms with E-state index >= 15 is 0 Å². The Bertz CT molecular complexity index is 188. The highest BCUT2D eigenvalue weighted by molar-refractivity contribution is 5.11. The van der Waals surface area contributed by atoms with Crippen molar-refractivity contribution in [1.82, 2.24) is 4.98 Å². The van der Waals surface area contributed by atoms with Crippen molar-refractivity contribution in [1.29, 1.82) is 0 Å². The van der Waals surface area contributed by atoms with Crippen molar-refractivity contribution in [3.8, 4) is 0 Å². The van der Waals surface area contributed by atoms with Crippen LogP contribution in [0.25, 0.3) is 0 Å². The summed E-state index contributed by atoms with van der Waals surface area (Å²) in [4.78, 5) is 3.84. The highest BCUT2D eigenvalue weighted by Crippen LogP contribution is 2.07. The molecule has 1 aromatic rings. The first-order chi connectivity index (χ1) is 4.84. The van der Waals surface area contributed by atoms with Gasteiger partial charge in [-0.05, 0) is 6.07 Å². The predicted molar refractivity (Wildman–Crippen MR) is 38.3 cm³/mol. The Balaban J connectivity index is 2.75. The molecule has 0 aliphatic rings. The molecule has 0 fully saturated rings. The van der Waals surface area contributed by atoms with E-state index in [1.165, 1.54) is 0 Å². The molecule has 1 aromatic heterocycles. The molecule has 1 unspecified atom stereocenters. The van der Waals surface area contributed by atoms with Gasteiger partial charge in [-0.15, -0.1) is 0 Å². The van der Waals surface area contributed by atoms with E-state index in [4.69, 9.17) is 10.8 Å². The fourth-order valence-corrected chi connectivity index (χ4v) is 0.709. The van der Waals surface area contributed by atoms with E-state index in [9.17, 15) is 0 Å². The molecule has 0 bridgehead atoms. The highest BCUT2D eigenvalue weighted by Gasteiger charge is 2.02. The highest BCUT2D eigenvalue weighted by atomic mass is 16.3. The van der Waals surface area contributed by atoms with Gasteiger partial charge in [-0.2, -0.15) is 0 Å². The van der Waals surface area contributed by atoms with Gasteiger partial charge < -0.3 is 10.8 Å². The SMILES string of the molecule is NCC(O)c1cccnc1. The number of aromatic nitrogens is 1. The van der Waals surface area contributed by atoms with Crippen LogP contribution in [0.5, 0.6) is 0 Å². The average Bonchev–Trinajstić information content (AvgIpc) is 2.05. The zero-order valence-corrected chi connectivity index (χ0v) is 5.57. The topological polar surface area (TPSA) is 59.1 Å². The fraction of sp³-hybridized carbons (Fsp3) is 0.286. The number of aliphatic hydroxyl groups excluding tert-OH is 1. The average molecular weight is 138 g/mol. The minimum atomic E-state index is -0.575. The van der Waals surface area contributed by atoms with Gasteiger partial charge in [0.05, 0.1) is 6.10 Å². The van der Waals surface area contributed by atoms with Gasteiger partial charge in [0.1, 0.15) is 0 Å².